The number of hydrogen-bond donors (Lipinski definition) is 0. The summed E-state index contributed by atoms with van der Waals surface area (Å²) in [6.07, 6.45) is 3.60. The van der Waals surface area contributed by atoms with Crippen LogP contribution in [0.5, 0.6) is 0 Å². The molecule has 4 rings (SSSR count). The van der Waals surface area contributed by atoms with Gasteiger partial charge in [-0.3, -0.25) is 4.98 Å². The number of hydrogen-bond acceptors (Lipinski definition) is 3. The van der Waals surface area contributed by atoms with Crippen molar-refractivity contribution in [3.8, 4) is 6.07 Å². The number of nitriles is 1. The lowest BCUT2D eigenvalue weighted by molar-refractivity contribution is 0.629. The van der Waals surface area contributed by atoms with Crippen molar-refractivity contribution in [2.45, 2.75) is 12.8 Å². The first-order valence-electron chi connectivity index (χ1n) is 7.62. The summed E-state index contributed by atoms with van der Waals surface area (Å²) < 4.78 is 13.8. The van der Waals surface area contributed by atoms with E-state index in [0.29, 0.717) is 16.5 Å². The minimum absolute atomic E-state index is 0.319. The topological polar surface area (TPSA) is 39.9 Å². The van der Waals surface area contributed by atoms with Crippen LogP contribution in [0.1, 0.15) is 17.5 Å². The molecule has 2 heterocycles. The van der Waals surface area contributed by atoms with Crippen molar-refractivity contribution < 1.29 is 4.39 Å². The van der Waals surface area contributed by atoms with Crippen LogP contribution in [0, 0.1) is 17.1 Å². The molecule has 0 fully saturated rings. The standard InChI is InChI=1S/C19H14FN3/c20-15-7-8-17-16(10-15)19(14(11-21)12-22-17)23-9-3-5-13-4-1-2-6-18(13)23/h1-2,4,6-8,10,12H,3,5,9H2. The molecule has 3 nitrogen and oxygen atoms in total. The molecular weight excluding hydrogens is 289 g/mol. The first kappa shape index (κ1) is 13.7. The van der Waals surface area contributed by atoms with Crippen LogP contribution in [0.2, 0.25) is 0 Å². The van der Waals surface area contributed by atoms with Crippen LogP contribution >= 0.6 is 0 Å². The van der Waals surface area contributed by atoms with Gasteiger partial charge >= 0.3 is 0 Å². The summed E-state index contributed by atoms with van der Waals surface area (Å²) in [6.45, 7) is 0.807. The number of para-hydroxylation sites is 1. The van der Waals surface area contributed by atoms with Crippen LogP contribution in [-0.2, 0) is 6.42 Å². The molecule has 1 aliphatic heterocycles. The summed E-state index contributed by atoms with van der Waals surface area (Å²) in [5.41, 5.74) is 4.27. The number of rotatable bonds is 1. The molecule has 112 valence electrons. The zero-order valence-electron chi connectivity index (χ0n) is 12.5. The summed E-state index contributed by atoms with van der Waals surface area (Å²) in [5.74, 6) is -0.319. The molecule has 0 saturated heterocycles. The van der Waals surface area contributed by atoms with Crippen molar-refractivity contribution >= 4 is 22.3 Å². The van der Waals surface area contributed by atoms with Crippen molar-refractivity contribution in [2.75, 3.05) is 11.4 Å². The van der Waals surface area contributed by atoms with Crippen LogP contribution < -0.4 is 4.90 Å². The number of anilines is 2. The van der Waals surface area contributed by atoms with Crippen LogP contribution in [0.3, 0.4) is 0 Å². The highest BCUT2D eigenvalue weighted by molar-refractivity contribution is 5.97. The lowest BCUT2D eigenvalue weighted by Gasteiger charge is -2.32. The van der Waals surface area contributed by atoms with Gasteiger partial charge in [-0.15, -0.1) is 0 Å². The lowest BCUT2D eigenvalue weighted by atomic mass is 9.99. The smallest absolute Gasteiger partial charge is 0.124 e. The van der Waals surface area contributed by atoms with E-state index in [1.165, 1.54) is 17.7 Å². The number of pyridine rings is 1. The molecule has 3 aromatic rings. The predicted molar refractivity (Wildman–Crippen MR) is 88.2 cm³/mol. The van der Waals surface area contributed by atoms with Crippen LogP contribution in [0.15, 0.2) is 48.7 Å². The van der Waals surface area contributed by atoms with Gasteiger partial charge < -0.3 is 4.90 Å². The third-order valence-corrected chi connectivity index (χ3v) is 4.30. The molecule has 0 saturated carbocycles. The molecule has 0 unspecified atom stereocenters. The summed E-state index contributed by atoms with van der Waals surface area (Å²) in [6, 6.07) is 14.9. The monoisotopic (exact) mass is 303 g/mol. The Morgan fingerprint density at radius 3 is 2.91 bits per heavy atom. The van der Waals surface area contributed by atoms with E-state index in [4.69, 9.17) is 0 Å². The lowest BCUT2D eigenvalue weighted by Crippen LogP contribution is -2.25. The quantitative estimate of drug-likeness (QED) is 0.671. The summed E-state index contributed by atoms with van der Waals surface area (Å²) in [4.78, 5) is 6.41. The minimum Gasteiger partial charge on any atom is -0.340 e. The fourth-order valence-corrected chi connectivity index (χ4v) is 3.29. The van der Waals surface area contributed by atoms with E-state index in [2.05, 4.69) is 28.1 Å². The second-order valence-electron chi connectivity index (χ2n) is 5.68. The molecule has 0 amide bonds. The van der Waals surface area contributed by atoms with Crippen LogP contribution in [0.25, 0.3) is 10.9 Å². The molecule has 4 heteroatoms. The summed E-state index contributed by atoms with van der Waals surface area (Å²) in [5, 5.41) is 10.2. The van der Waals surface area contributed by atoms with Gasteiger partial charge in [-0.2, -0.15) is 5.26 Å². The van der Waals surface area contributed by atoms with Crippen molar-refractivity contribution in [1.29, 1.82) is 5.26 Å². The Kier molecular flexibility index (Phi) is 3.20. The zero-order chi connectivity index (χ0) is 15.8. The van der Waals surface area contributed by atoms with Gasteiger partial charge in [-0.25, -0.2) is 4.39 Å². The van der Waals surface area contributed by atoms with Crippen molar-refractivity contribution in [3.63, 3.8) is 0 Å². The third kappa shape index (κ3) is 2.22. The maximum atomic E-state index is 13.8. The number of aryl methyl sites for hydroxylation is 1. The fourth-order valence-electron chi connectivity index (χ4n) is 3.29. The average Bonchev–Trinajstić information content (AvgIpc) is 2.60. The van der Waals surface area contributed by atoms with E-state index in [-0.39, 0.29) is 5.82 Å². The number of halogens is 1. The highest BCUT2D eigenvalue weighted by Gasteiger charge is 2.22. The van der Waals surface area contributed by atoms with Gasteiger partial charge in [-0.1, -0.05) is 18.2 Å². The van der Waals surface area contributed by atoms with Crippen LogP contribution in [0.4, 0.5) is 15.8 Å². The van der Waals surface area contributed by atoms with E-state index in [0.717, 1.165) is 30.8 Å². The number of fused-ring (bicyclic) bond motifs is 2. The Bertz CT molecular complexity index is 943. The molecule has 1 aromatic heterocycles. The fraction of sp³-hybridized carbons (Fsp3) is 0.158. The molecule has 1 aliphatic rings. The molecule has 0 bridgehead atoms. The normalized spacial score (nSPS) is 13.7. The third-order valence-electron chi connectivity index (χ3n) is 4.30. The van der Waals surface area contributed by atoms with E-state index < -0.39 is 0 Å². The van der Waals surface area contributed by atoms with Crippen molar-refractivity contribution in [3.05, 3.63) is 65.6 Å². The molecule has 0 aliphatic carbocycles. The molecule has 0 atom stereocenters. The summed E-state index contributed by atoms with van der Waals surface area (Å²) >= 11 is 0. The molecule has 0 radical (unpaired) electrons. The zero-order valence-corrected chi connectivity index (χ0v) is 12.5. The van der Waals surface area contributed by atoms with E-state index in [1.807, 2.05) is 12.1 Å². The Hall–Kier alpha value is -2.93. The van der Waals surface area contributed by atoms with E-state index >= 15 is 0 Å². The Morgan fingerprint density at radius 1 is 1.17 bits per heavy atom. The van der Waals surface area contributed by atoms with Gasteiger partial charge in [0.15, 0.2) is 0 Å². The first-order valence-corrected chi connectivity index (χ1v) is 7.62. The Labute approximate surface area is 133 Å². The van der Waals surface area contributed by atoms with Crippen LogP contribution in [-0.4, -0.2) is 11.5 Å². The molecular formula is C19H14FN3. The second-order valence-corrected chi connectivity index (χ2v) is 5.68. The Morgan fingerprint density at radius 2 is 2.04 bits per heavy atom. The summed E-state index contributed by atoms with van der Waals surface area (Å²) in [7, 11) is 0. The van der Waals surface area contributed by atoms with Gasteiger partial charge in [-0.05, 0) is 42.7 Å². The average molecular weight is 303 g/mol. The molecule has 2 aromatic carbocycles. The van der Waals surface area contributed by atoms with Gasteiger partial charge in [0, 0.05) is 23.8 Å². The highest BCUT2D eigenvalue weighted by atomic mass is 19.1. The maximum Gasteiger partial charge on any atom is 0.124 e. The van der Waals surface area contributed by atoms with Crippen molar-refractivity contribution in [1.82, 2.24) is 4.98 Å². The maximum absolute atomic E-state index is 13.8. The molecule has 0 N–H and O–H groups in total. The minimum atomic E-state index is -0.319. The number of aromatic nitrogens is 1. The predicted octanol–water partition coefficient (Wildman–Crippen LogP) is 4.33. The van der Waals surface area contributed by atoms with E-state index in [1.54, 1.807) is 12.3 Å². The highest BCUT2D eigenvalue weighted by Crippen LogP contribution is 2.38. The second kappa shape index (κ2) is 5.36. The number of nitrogens with zero attached hydrogens (tertiary/aromatic N) is 3. The largest absolute Gasteiger partial charge is 0.340 e. The molecule has 23 heavy (non-hydrogen) atoms. The van der Waals surface area contributed by atoms with Gasteiger partial charge in [0.1, 0.15) is 11.9 Å². The molecule has 0 spiro atoms. The SMILES string of the molecule is N#Cc1cnc2ccc(F)cc2c1N1CCCc2ccccc21. The number of benzene rings is 2. The first-order chi connectivity index (χ1) is 11.3. The van der Waals surface area contributed by atoms with E-state index in [9.17, 15) is 9.65 Å². The van der Waals surface area contributed by atoms with Crippen molar-refractivity contribution in [2.24, 2.45) is 0 Å². The van der Waals surface area contributed by atoms with Gasteiger partial charge in [0.25, 0.3) is 0 Å². The van der Waals surface area contributed by atoms with Gasteiger partial charge in [0.05, 0.1) is 16.8 Å². The Balaban J connectivity index is 2.02. The van der Waals surface area contributed by atoms with Gasteiger partial charge in [0.2, 0.25) is 0 Å².